The Kier molecular flexibility index (Phi) is 6.16. The molecule has 0 saturated carbocycles. The maximum absolute atomic E-state index is 12.9. The number of carboxylic acids is 1. The zero-order chi connectivity index (χ0) is 21.0. The molecule has 1 unspecified atom stereocenters. The zero-order valence-electron chi connectivity index (χ0n) is 16.5. The lowest BCUT2D eigenvalue weighted by Gasteiger charge is -2.24. The fourth-order valence-corrected chi connectivity index (χ4v) is 3.32. The van der Waals surface area contributed by atoms with Crippen LogP contribution < -0.4 is 10.1 Å². The van der Waals surface area contributed by atoms with Gasteiger partial charge in [0, 0.05) is 18.7 Å². The van der Waals surface area contributed by atoms with Crippen LogP contribution in [0.2, 0.25) is 0 Å². The molecule has 1 aliphatic rings. The van der Waals surface area contributed by atoms with E-state index in [1.807, 2.05) is 31.2 Å². The highest BCUT2D eigenvalue weighted by Crippen LogP contribution is 2.25. The molecule has 1 saturated heterocycles. The highest BCUT2D eigenvalue weighted by atomic mass is 16.5. The molecule has 0 spiro atoms. The number of carboxylic acid groups (broad SMARTS) is 1. The van der Waals surface area contributed by atoms with Crippen molar-refractivity contribution >= 4 is 23.5 Å². The Morgan fingerprint density at radius 3 is 2.55 bits per heavy atom. The van der Waals surface area contributed by atoms with Crippen LogP contribution in [0.1, 0.15) is 29.5 Å². The molecule has 1 heterocycles. The highest BCUT2D eigenvalue weighted by molar-refractivity contribution is 5.99. The van der Waals surface area contributed by atoms with E-state index >= 15 is 0 Å². The lowest BCUT2D eigenvalue weighted by Crippen LogP contribution is -2.41. The molecule has 0 aromatic heterocycles. The number of aliphatic carboxylic acids is 1. The fraction of sp³-hybridized carbons (Fsp3) is 0.318. The molecule has 7 nitrogen and oxygen atoms in total. The van der Waals surface area contributed by atoms with Crippen molar-refractivity contribution in [3.05, 3.63) is 59.2 Å². The quantitative estimate of drug-likeness (QED) is 0.750. The third kappa shape index (κ3) is 5.13. The van der Waals surface area contributed by atoms with Gasteiger partial charge in [-0.25, -0.2) is 4.79 Å². The molecule has 2 amide bonds. The molecule has 152 valence electrons. The molecule has 29 heavy (non-hydrogen) atoms. The molecule has 2 aromatic rings. The number of hydrogen-bond donors (Lipinski definition) is 2. The van der Waals surface area contributed by atoms with Crippen LogP contribution in [-0.4, -0.2) is 40.4 Å². The number of carbonyl (C=O) groups is 3. The Hall–Kier alpha value is -3.35. The van der Waals surface area contributed by atoms with Crippen molar-refractivity contribution in [2.45, 2.75) is 39.3 Å². The van der Waals surface area contributed by atoms with E-state index in [4.69, 9.17) is 9.84 Å². The second-order valence-corrected chi connectivity index (χ2v) is 7.21. The predicted octanol–water partition coefficient (Wildman–Crippen LogP) is 2.90. The normalized spacial score (nSPS) is 16.0. The summed E-state index contributed by atoms with van der Waals surface area (Å²) in [6.45, 7) is 3.77. The monoisotopic (exact) mass is 396 g/mol. The van der Waals surface area contributed by atoms with E-state index in [2.05, 4.69) is 5.32 Å². The highest BCUT2D eigenvalue weighted by Gasteiger charge is 2.36. The largest absolute Gasteiger partial charge is 0.482 e. The van der Waals surface area contributed by atoms with Crippen molar-refractivity contribution in [2.75, 3.05) is 11.9 Å². The number of carbonyl (C=O) groups excluding carboxylic acids is 2. The number of benzene rings is 2. The summed E-state index contributed by atoms with van der Waals surface area (Å²) in [5.41, 5.74) is 3.48. The number of nitrogens with one attached hydrogen (secondary N) is 1. The smallest absolute Gasteiger partial charge is 0.341 e. The first-order valence-electron chi connectivity index (χ1n) is 9.44. The molecule has 0 aliphatic carbocycles. The van der Waals surface area contributed by atoms with Gasteiger partial charge in [-0.05, 0) is 49.6 Å². The van der Waals surface area contributed by atoms with Crippen LogP contribution in [0.5, 0.6) is 5.75 Å². The molecule has 0 radical (unpaired) electrons. The number of aryl methyl sites for hydroxylation is 2. The Balaban J connectivity index is 1.68. The van der Waals surface area contributed by atoms with Gasteiger partial charge in [-0.3, -0.25) is 9.59 Å². The molecular formula is C22H24N2O5. The van der Waals surface area contributed by atoms with Crippen LogP contribution in [0.25, 0.3) is 0 Å². The molecule has 2 aromatic carbocycles. The number of hydrogen-bond acceptors (Lipinski definition) is 4. The Labute approximate surface area is 169 Å². The van der Waals surface area contributed by atoms with Crippen LogP contribution in [-0.2, 0) is 20.9 Å². The summed E-state index contributed by atoms with van der Waals surface area (Å²) in [5.74, 6) is -0.898. The van der Waals surface area contributed by atoms with Crippen molar-refractivity contribution < 1.29 is 24.2 Å². The minimum atomic E-state index is -1.06. The molecule has 2 N–H and O–H groups in total. The summed E-state index contributed by atoms with van der Waals surface area (Å²) in [4.78, 5) is 37.4. The van der Waals surface area contributed by atoms with E-state index < -0.39 is 18.6 Å². The summed E-state index contributed by atoms with van der Waals surface area (Å²) < 4.78 is 5.15. The van der Waals surface area contributed by atoms with Gasteiger partial charge in [0.05, 0.1) is 0 Å². The van der Waals surface area contributed by atoms with Gasteiger partial charge in [-0.2, -0.15) is 0 Å². The third-order valence-electron chi connectivity index (χ3n) is 4.92. The van der Waals surface area contributed by atoms with Crippen molar-refractivity contribution in [3.8, 4) is 5.75 Å². The molecule has 1 fully saturated rings. The average molecular weight is 396 g/mol. The van der Waals surface area contributed by atoms with Gasteiger partial charge in [0.1, 0.15) is 11.8 Å². The second kappa shape index (κ2) is 8.77. The molecule has 0 bridgehead atoms. The number of likely N-dealkylation sites (tertiary alicyclic amines) is 1. The SMILES string of the molecule is Cc1ccc(CN2C(=O)CCC2C(=O)Nc2ccc(OCC(=O)O)cc2C)cc1. The number of rotatable bonds is 7. The van der Waals surface area contributed by atoms with Crippen LogP contribution in [0.15, 0.2) is 42.5 Å². The summed E-state index contributed by atoms with van der Waals surface area (Å²) in [6, 6.07) is 12.3. The van der Waals surface area contributed by atoms with E-state index in [-0.39, 0.29) is 11.8 Å². The maximum atomic E-state index is 12.9. The van der Waals surface area contributed by atoms with E-state index in [1.54, 1.807) is 30.0 Å². The van der Waals surface area contributed by atoms with Crippen LogP contribution in [0.4, 0.5) is 5.69 Å². The summed E-state index contributed by atoms with van der Waals surface area (Å²) in [6.07, 6.45) is 0.834. The molecule has 1 aliphatic heterocycles. The van der Waals surface area contributed by atoms with E-state index in [9.17, 15) is 14.4 Å². The van der Waals surface area contributed by atoms with Crippen LogP contribution >= 0.6 is 0 Å². The van der Waals surface area contributed by atoms with Gasteiger partial charge in [0.25, 0.3) is 0 Å². The Morgan fingerprint density at radius 1 is 1.17 bits per heavy atom. The van der Waals surface area contributed by atoms with Gasteiger partial charge in [0.15, 0.2) is 6.61 Å². The van der Waals surface area contributed by atoms with Gasteiger partial charge < -0.3 is 20.1 Å². The molecular weight excluding hydrogens is 372 g/mol. The van der Waals surface area contributed by atoms with E-state index in [0.29, 0.717) is 30.8 Å². The average Bonchev–Trinajstić information content (AvgIpc) is 3.04. The Bertz CT molecular complexity index is 923. The lowest BCUT2D eigenvalue weighted by molar-refractivity contribution is -0.139. The number of amides is 2. The number of nitrogens with zero attached hydrogens (tertiary/aromatic N) is 1. The standard InChI is InChI=1S/C22H24N2O5/c1-14-3-5-16(6-4-14)12-24-19(9-10-20(24)25)22(28)23-18-8-7-17(11-15(18)2)29-13-21(26)27/h3-8,11,19H,9-10,12-13H2,1-2H3,(H,23,28)(H,26,27). The third-order valence-corrected chi connectivity index (χ3v) is 4.92. The first-order valence-corrected chi connectivity index (χ1v) is 9.44. The first kappa shape index (κ1) is 20.4. The topological polar surface area (TPSA) is 95.9 Å². The lowest BCUT2D eigenvalue weighted by atomic mass is 10.1. The van der Waals surface area contributed by atoms with Gasteiger partial charge in [-0.15, -0.1) is 0 Å². The van der Waals surface area contributed by atoms with Gasteiger partial charge >= 0.3 is 5.97 Å². The van der Waals surface area contributed by atoms with Gasteiger partial charge in [-0.1, -0.05) is 29.8 Å². The fourth-order valence-electron chi connectivity index (χ4n) is 3.32. The van der Waals surface area contributed by atoms with Crippen LogP contribution in [0.3, 0.4) is 0 Å². The van der Waals surface area contributed by atoms with Crippen molar-refractivity contribution in [2.24, 2.45) is 0 Å². The summed E-state index contributed by atoms with van der Waals surface area (Å²) in [7, 11) is 0. The zero-order valence-corrected chi connectivity index (χ0v) is 16.5. The minimum absolute atomic E-state index is 0.0279. The summed E-state index contributed by atoms with van der Waals surface area (Å²) >= 11 is 0. The second-order valence-electron chi connectivity index (χ2n) is 7.21. The molecule has 7 heteroatoms. The van der Waals surface area contributed by atoms with Crippen molar-refractivity contribution in [1.82, 2.24) is 4.90 Å². The van der Waals surface area contributed by atoms with Crippen LogP contribution in [0, 0.1) is 13.8 Å². The minimum Gasteiger partial charge on any atom is -0.482 e. The van der Waals surface area contributed by atoms with Crippen molar-refractivity contribution in [3.63, 3.8) is 0 Å². The maximum Gasteiger partial charge on any atom is 0.341 e. The number of ether oxygens (including phenoxy) is 1. The first-order chi connectivity index (χ1) is 13.8. The molecule has 1 atom stereocenters. The van der Waals surface area contributed by atoms with E-state index in [1.165, 1.54) is 0 Å². The summed E-state index contributed by atoms with van der Waals surface area (Å²) in [5, 5.41) is 11.6. The van der Waals surface area contributed by atoms with Crippen molar-refractivity contribution in [1.29, 1.82) is 0 Å². The predicted molar refractivity (Wildman–Crippen MR) is 108 cm³/mol. The van der Waals surface area contributed by atoms with E-state index in [0.717, 1.165) is 16.7 Å². The molecule has 3 rings (SSSR count). The Morgan fingerprint density at radius 2 is 1.90 bits per heavy atom. The van der Waals surface area contributed by atoms with Gasteiger partial charge in [0.2, 0.25) is 11.8 Å². The number of anilines is 1.